The molecule has 0 saturated carbocycles. The molecule has 2 heterocycles. The first kappa shape index (κ1) is 25.6. The Balaban J connectivity index is 1.56. The minimum Gasteiger partial charge on any atom is -0.481 e. The predicted octanol–water partition coefficient (Wildman–Crippen LogP) is 5.18. The van der Waals surface area contributed by atoms with Gasteiger partial charge in [0, 0.05) is 21.2 Å². The van der Waals surface area contributed by atoms with Gasteiger partial charge in [-0.15, -0.1) is 0 Å². The summed E-state index contributed by atoms with van der Waals surface area (Å²) < 4.78 is 12.6. The molecule has 1 aromatic heterocycles. The Hall–Kier alpha value is -3.65. The Labute approximate surface area is 238 Å². The number of hydrogen-bond donors (Lipinski definition) is 0. The van der Waals surface area contributed by atoms with Crippen LogP contribution in [0.4, 0.5) is 0 Å². The van der Waals surface area contributed by atoms with Crippen molar-refractivity contribution in [2.75, 3.05) is 13.7 Å². The summed E-state index contributed by atoms with van der Waals surface area (Å²) in [5.74, 6) is -0.0193. The monoisotopic (exact) mass is 576 g/mol. The third-order valence-corrected chi connectivity index (χ3v) is 8.45. The molecule has 9 heteroatoms. The molecule has 0 spiro atoms. The number of aryl methyl sites for hydroxylation is 1. The molecular formula is C30H22Cl2N2O4S. The Kier molecular flexibility index (Phi) is 6.89. The van der Waals surface area contributed by atoms with E-state index < -0.39 is 12.0 Å². The van der Waals surface area contributed by atoms with Crippen molar-refractivity contribution in [3.05, 3.63) is 124 Å². The van der Waals surface area contributed by atoms with E-state index in [1.54, 1.807) is 34.9 Å². The molecule has 6 rings (SSSR count). The molecule has 1 aliphatic carbocycles. The predicted molar refractivity (Wildman–Crippen MR) is 153 cm³/mol. The van der Waals surface area contributed by atoms with Gasteiger partial charge in [-0.1, -0.05) is 83.1 Å². The van der Waals surface area contributed by atoms with Crippen LogP contribution in [0.1, 0.15) is 34.7 Å². The molecule has 0 bridgehead atoms. The van der Waals surface area contributed by atoms with E-state index in [-0.39, 0.29) is 12.2 Å². The van der Waals surface area contributed by atoms with E-state index in [4.69, 9.17) is 32.9 Å². The van der Waals surface area contributed by atoms with Crippen LogP contribution in [0.15, 0.2) is 82.1 Å². The molecule has 3 aromatic carbocycles. The molecule has 1 aliphatic heterocycles. The van der Waals surface area contributed by atoms with Gasteiger partial charge >= 0.3 is 5.97 Å². The summed E-state index contributed by atoms with van der Waals surface area (Å²) in [7, 11) is 1.31. The lowest BCUT2D eigenvalue weighted by Gasteiger charge is -2.31. The van der Waals surface area contributed by atoms with Gasteiger partial charge in [0.2, 0.25) is 0 Å². The summed E-state index contributed by atoms with van der Waals surface area (Å²) in [6.45, 7) is -0.232. The lowest BCUT2D eigenvalue weighted by atomic mass is 9.83. The van der Waals surface area contributed by atoms with Crippen molar-refractivity contribution < 1.29 is 14.3 Å². The first-order chi connectivity index (χ1) is 18.9. The number of methoxy groups -OCH3 is 1. The number of halogens is 2. The second-order valence-electron chi connectivity index (χ2n) is 9.18. The standard InChI is InChI=1S/C30H22Cl2N2O4S/c1-37-26(35)16-38-24-9-5-3-7-18(24)14-25-29(36)34-28(21-13-11-19(31)15-23(21)32)22-12-10-17-6-2-4-8-20(17)27(22)33-30(34)39-25/h2-9,11,13-15,28H,10,12,16H2,1H3. The highest BCUT2D eigenvalue weighted by Crippen LogP contribution is 2.43. The van der Waals surface area contributed by atoms with Crippen LogP contribution in [0.2, 0.25) is 10.0 Å². The zero-order valence-electron chi connectivity index (χ0n) is 20.8. The molecule has 39 heavy (non-hydrogen) atoms. The molecule has 0 radical (unpaired) electrons. The van der Waals surface area contributed by atoms with E-state index in [9.17, 15) is 9.59 Å². The van der Waals surface area contributed by atoms with Gasteiger partial charge in [-0.3, -0.25) is 9.36 Å². The normalized spacial score (nSPS) is 16.2. The van der Waals surface area contributed by atoms with Gasteiger partial charge in [0.15, 0.2) is 11.4 Å². The van der Waals surface area contributed by atoms with Crippen LogP contribution in [0, 0.1) is 0 Å². The van der Waals surface area contributed by atoms with Crippen molar-refractivity contribution in [2.45, 2.75) is 18.9 Å². The largest absolute Gasteiger partial charge is 0.481 e. The number of nitrogens with zero attached hydrogens (tertiary/aromatic N) is 2. The Bertz CT molecular complexity index is 1840. The van der Waals surface area contributed by atoms with Crippen LogP contribution in [0.25, 0.3) is 11.8 Å². The van der Waals surface area contributed by atoms with E-state index in [0.717, 1.165) is 35.2 Å². The molecule has 1 atom stereocenters. The number of allylic oxidation sites excluding steroid dienone is 1. The third-order valence-electron chi connectivity index (χ3n) is 6.91. The van der Waals surface area contributed by atoms with Gasteiger partial charge < -0.3 is 9.47 Å². The number of benzene rings is 3. The van der Waals surface area contributed by atoms with E-state index >= 15 is 0 Å². The topological polar surface area (TPSA) is 69.9 Å². The molecule has 0 saturated heterocycles. The second kappa shape index (κ2) is 10.5. The maximum absolute atomic E-state index is 14.0. The average Bonchev–Trinajstić information content (AvgIpc) is 3.25. The van der Waals surface area contributed by atoms with Crippen molar-refractivity contribution in [1.82, 2.24) is 4.57 Å². The van der Waals surface area contributed by atoms with Gasteiger partial charge in [0.25, 0.3) is 5.56 Å². The number of ether oxygens (including phenoxy) is 2. The van der Waals surface area contributed by atoms with Gasteiger partial charge in [0.05, 0.1) is 23.4 Å². The van der Waals surface area contributed by atoms with Gasteiger partial charge in [-0.2, -0.15) is 0 Å². The molecule has 6 nitrogen and oxygen atoms in total. The summed E-state index contributed by atoms with van der Waals surface area (Å²) >= 11 is 14.3. The summed E-state index contributed by atoms with van der Waals surface area (Å²) in [5, 5.41) is 1.03. The van der Waals surface area contributed by atoms with Gasteiger partial charge in [-0.05, 0) is 53.8 Å². The lowest BCUT2D eigenvalue weighted by Crippen LogP contribution is -2.38. The molecule has 0 amide bonds. The molecule has 4 aromatic rings. The molecule has 0 fully saturated rings. The SMILES string of the molecule is COC(=O)COc1ccccc1C=c1sc2n(c1=O)C(c1ccc(Cl)cc1Cl)C1=C(N=2)c2ccccc2CC1. The summed E-state index contributed by atoms with van der Waals surface area (Å²) in [6, 6.07) is 20.5. The Morgan fingerprint density at radius 2 is 1.90 bits per heavy atom. The zero-order chi connectivity index (χ0) is 27.1. The first-order valence-corrected chi connectivity index (χ1v) is 13.9. The van der Waals surface area contributed by atoms with Crippen molar-refractivity contribution in [3.63, 3.8) is 0 Å². The van der Waals surface area contributed by atoms with Crippen LogP contribution in [0.5, 0.6) is 5.75 Å². The number of fused-ring (bicyclic) bond motifs is 3. The van der Waals surface area contributed by atoms with E-state index in [1.165, 1.54) is 24.0 Å². The van der Waals surface area contributed by atoms with Crippen LogP contribution < -0.4 is 19.6 Å². The molecular weight excluding hydrogens is 555 g/mol. The first-order valence-electron chi connectivity index (χ1n) is 12.3. The minimum absolute atomic E-state index is 0.178. The van der Waals surface area contributed by atoms with E-state index in [1.807, 2.05) is 30.3 Å². The van der Waals surface area contributed by atoms with Crippen molar-refractivity contribution in [1.29, 1.82) is 0 Å². The van der Waals surface area contributed by atoms with Crippen LogP contribution in [-0.2, 0) is 16.0 Å². The fourth-order valence-electron chi connectivity index (χ4n) is 5.09. The number of carbonyl (C=O) groups is 1. The highest BCUT2D eigenvalue weighted by atomic mass is 35.5. The van der Waals surface area contributed by atoms with Gasteiger partial charge in [-0.25, -0.2) is 9.79 Å². The fraction of sp³-hybridized carbons (Fsp3) is 0.167. The van der Waals surface area contributed by atoms with Crippen molar-refractivity contribution in [2.24, 2.45) is 4.99 Å². The fourth-order valence-corrected chi connectivity index (χ4v) is 6.59. The zero-order valence-corrected chi connectivity index (χ0v) is 23.1. The number of esters is 1. The number of hydrogen-bond acceptors (Lipinski definition) is 6. The summed E-state index contributed by atoms with van der Waals surface area (Å²) in [5.41, 5.74) is 5.55. The maximum Gasteiger partial charge on any atom is 0.343 e. The summed E-state index contributed by atoms with van der Waals surface area (Å²) in [6.07, 6.45) is 3.38. The maximum atomic E-state index is 14.0. The smallest absolute Gasteiger partial charge is 0.343 e. The van der Waals surface area contributed by atoms with Crippen LogP contribution in [-0.4, -0.2) is 24.3 Å². The number of aromatic nitrogens is 1. The average molecular weight is 577 g/mol. The molecule has 1 unspecified atom stereocenters. The molecule has 196 valence electrons. The van der Waals surface area contributed by atoms with Crippen LogP contribution in [0.3, 0.4) is 0 Å². The number of carbonyl (C=O) groups excluding carboxylic acids is 1. The number of thiazole rings is 1. The number of para-hydroxylation sites is 1. The van der Waals surface area contributed by atoms with E-state index in [2.05, 4.69) is 16.9 Å². The highest BCUT2D eigenvalue weighted by molar-refractivity contribution is 7.07. The number of rotatable bonds is 5. The Morgan fingerprint density at radius 1 is 1.10 bits per heavy atom. The van der Waals surface area contributed by atoms with E-state index in [0.29, 0.717) is 30.7 Å². The Morgan fingerprint density at radius 3 is 2.72 bits per heavy atom. The molecule has 0 N–H and O–H groups in total. The van der Waals surface area contributed by atoms with Crippen molar-refractivity contribution >= 4 is 52.3 Å². The second-order valence-corrected chi connectivity index (χ2v) is 11.0. The highest BCUT2D eigenvalue weighted by Gasteiger charge is 2.33. The summed E-state index contributed by atoms with van der Waals surface area (Å²) in [4.78, 5) is 31.2. The quantitative estimate of drug-likeness (QED) is 0.307. The minimum atomic E-state index is -0.491. The lowest BCUT2D eigenvalue weighted by molar-refractivity contribution is -0.142. The van der Waals surface area contributed by atoms with Crippen molar-refractivity contribution in [3.8, 4) is 5.75 Å². The molecule has 2 aliphatic rings. The van der Waals surface area contributed by atoms with Crippen LogP contribution >= 0.6 is 34.5 Å². The third kappa shape index (κ3) is 4.71. The van der Waals surface area contributed by atoms with Gasteiger partial charge in [0.1, 0.15) is 5.75 Å².